The van der Waals surface area contributed by atoms with Gasteiger partial charge in [-0.15, -0.1) is 0 Å². The lowest BCUT2D eigenvalue weighted by Crippen LogP contribution is -1.88. The van der Waals surface area contributed by atoms with E-state index in [0.717, 1.165) is 11.1 Å². The highest BCUT2D eigenvalue weighted by Gasteiger charge is 2.03. The number of aryl methyl sites for hydroxylation is 1. The molecule has 0 atom stereocenters. The summed E-state index contributed by atoms with van der Waals surface area (Å²) in [6.07, 6.45) is 1.57. The van der Waals surface area contributed by atoms with E-state index in [4.69, 9.17) is 5.26 Å². The highest BCUT2D eigenvalue weighted by molar-refractivity contribution is 5.54. The Balaban J connectivity index is 3.38. The standard InChI is InChI=1S/C10H8FN/c1-3-8-5-10(11)9(6-12)4-7(8)2/h3-5H,1H2,2H3. The molecule has 2 heteroatoms. The van der Waals surface area contributed by atoms with Crippen molar-refractivity contribution in [1.82, 2.24) is 0 Å². The van der Waals surface area contributed by atoms with Crippen molar-refractivity contribution in [3.05, 3.63) is 41.2 Å². The molecular weight excluding hydrogens is 153 g/mol. The van der Waals surface area contributed by atoms with E-state index in [9.17, 15) is 4.39 Å². The van der Waals surface area contributed by atoms with Gasteiger partial charge >= 0.3 is 0 Å². The summed E-state index contributed by atoms with van der Waals surface area (Å²) in [6.45, 7) is 5.36. The molecular formula is C10H8FN. The molecule has 1 rings (SSSR count). The van der Waals surface area contributed by atoms with E-state index in [2.05, 4.69) is 6.58 Å². The van der Waals surface area contributed by atoms with Crippen molar-refractivity contribution < 1.29 is 4.39 Å². The zero-order valence-corrected chi connectivity index (χ0v) is 6.76. The Morgan fingerprint density at radius 3 is 2.75 bits per heavy atom. The Morgan fingerprint density at radius 1 is 1.58 bits per heavy atom. The SMILES string of the molecule is C=Cc1cc(F)c(C#N)cc1C. The van der Waals surface area contributed by atoms with Crippen molar-refractivity contribution in [3.63, 3.8) is 0 Å². The summed E-state index contributed by atoms with van der Waals surface area (Å²) < 4.78 is 12.9. The molecule has 0 aliphatic carbocycles. The fraction of sp³-hybridized carbons (Fsp3) is 0.100. The maximum absolute atomic E-state index is 12.9. The number of rotatable bonds is 1. The molecule has 0 saturated carbocycles. The van der Waals surface area contributed by atoms with E-state index < -0.39 is 5.82 Å². The fourth-order valence-corrected chi connectivity index (χ4v) is 1.00. The van der Waals surface area contributed by atoms with E-state index in [0.29, 0.717) is 0 Å². The van der Waals surface area contributed by atoms with Crippen molar-refractivity contribution in [2.24, 2.45) is 0 Å². The quantitative estimate of drug-likeness (QED) is 0.621. The number of nitrogens with zero attached hydrogens (tertiary/aromatic N) is 1. The molecule has 0 aromatic heterocycles. The fourth-order valence-electron chi connectivity index (χ4n) is 1.00. The van der Waals surface area contributed by atoms with Crippen LogP contribution in [0.25, 0.3) is 6.08 Å². The molecule has 0 spiro atoms. The molecule has 12 heavy (non-hydrogen) atoms. The van der Waals surface area contributed by atoms with Crippen molar-refractivity contribution in [2.45, 2.75) is 6.92 Å². The van der Waals surface area contributed by atoms with Crippen LogP contribution in [0.4, 0.5) is 4.39 Å². The smallest absolute Gasteiger partial charge is 0.141 e. The Kier molecular flexibility index (Phi) is 2.25. The van der Waals surface area contributed by atoms with Crippen LogP contribution in [-0.2, 0) is 0 Å². The van der Waals surface area contributed by atoms with E-state index in [1.807, 2.05) is 6.92 Å². The molecule has 0 aliphatic rings. The first-order valence-electron chi connectivity index (χ1n) is 3.51. The van der Waals surface area contributed by atoms with Gasteiger partial charge in [-0.1, -0.05) is 12.7 Å². The molecule has 0 heterocycles. The van der Waals surface area contributed by atoms with Crippen LogP contribution in [0.15, 0.2) is 18.7 Å². The summed E-state index contributed by atoms with van der Waals surface area (Å²) in [6, 6.07) is 4.62. The summed E-state index contributed by atoms with van der Waals surface area (Å²) in [5, 5.41) is 8.49. The van der Waals surface area contributed by atoms with Gasteiger partial charge in [-0.2, -0.15) is 5.26 Å². The lowest BCUT2D eigenvalue weighted by molar-refractivity contribution is 0.623. The van der Waals surface area contributed by atoms with Gasteiger partial charge in [0.1, 0.15) is 11.9 Å². The first-order valence-corrected chi connectivity index (χ1v) is 3.51. The van der Waals surface area contributed by atoms with Crippen molar-refractivity contribution in [2.75, 3.05) is 0 Å². The molecule has 60 valence electrons. The summed E-state index contributed by atoms with van der Waals surface area (Å²) in [7, 11) is 0. The second-order valence-electron chi connectivity index (χ2n) is 2.50. The predicted octanol–water partition coefficient (Wildman–Crippen LogP) is 2.65. The molecule has 0 aliphatic heterocycles. The monoisotopic (exact) mass is 161 g/mol. The van der Waals surface area contributed by atoms with Crippen LogP contribution in [0.3, 0.4) is 0 Å². The minimum atomic E-state index is -0.488. The van der Waals surface area contributed by atoms with Crippen LogP contribution < -0.4 is 0 Å². The third-order valence-electron chi connectivity index (χ3n) is 1.70. The molecule has 0 amide bonds. The highest BCUT2D eigenvalue weighted by atomic mass is 19.1. The van der Waals surface area contributed by atoms with Crippen molar-refractivity contribution in [3.8, 4) is 6.07 Å². The average molecular weight is 161 g/mol. The van der Waals surface area contributed by atoms with Gasteiger partial charge in [0.05, 0.1) is 5.56 Å². The molecule has 0 bridgehead atoms. The van der Waals surface area contributed by atoms with Crippen LogP contribution in [0.1, 0.15) is 16.7 Å². The number of benzene rings is 1. The first-order chi connectivity index (χ1) is 5.69. The molecule has 0 N–H and O–H groups in total. The molecule has 1 aromatic rings. The molecule has 0 unspecified atom stereocenters. The van der Waals surface area contributed by atoms with Crippen LogP contribution in [0, 0.1) is 24.1 Å². The summed E-state index contributed by atoms with van der Waals surface area (Å²) in [4.78, 5) is 0. The summed E-state index contributed by atoms with van der Waals surface area (Å²) in [5.41, 5.74) is 1.67. The molecule has 1 nitrogen and oxygen atoms in total. The van der Waals surface area contributed by atoms with Gasteiger partial charge in [0, 0.05) is 0 Å². The van der Waals surface area contributed by atoms with Gasteiger partial charge in [0.15, 0.2) is 0 Å². The molecule has 0 fully saturated rings. The van der Waals surface area contributed by atoms with Gasteiger partial charge in [-0.3, -0.25) is 0 Å². The van der Waals surface area contributed by atoms with Crippen molar-refractivity contribution in [1.29, 1.82) is 5.26 Å². The number of hydrogen-bond acceptors (Lipinski definition) is 1. The Labute approximate surface area is 70.8 Å². The Morgan fingerprint density at radius 2 is 2.25 bits per heavy atom. The largest absolute Gasteiger partial charge is 0.206 e. The predicted molar refractivity (Wildman–Crippen MR) is 45.9 cm³/mol. The minimum absolute atomic E-state index is 0.0816. The lowest BCUT2D eigenvalue weighted by Gasteiger charge is -2.00. The highest BCUT2D eigenvalue weighted by Crippen LogP contribution is 2.15. The number of nitriles is 1. The normalized spacial score (nSPS) is 9.08. The van der Waals surface area contributed by atoms with Crippen LogP contribution >= 0.6 is 0 Å². The number of halogens is 1. The minimum Gasteiger partial charge on any atom is -0.206 e. The molecule has 0 saturated heterocycles. The maximum Gasteiger partial charge on any atom is 0.141 e. The van der Waals surface area contributed by atoms with Crippen LogP contribution in [0.2, 0.25) is 0 Å². The van der Waals surface area contributed by atoms with Crippen LogP contribution in [-0.4, -0.2) is 0 Å². The zero-order chi connectivity index (χ0) is 9.14. The Bertz CT molecular complexity index is 361. The third kappa shape index (κ3) is 1.35. The van der Waals surface area contributed by atoms with Crippen molar-refractivity contribution >= 4 is 6.08 Å². The van der Waals surface area contributed by atoms with E-state index in [1.165, 1.54) is 12.1 Å². The topological polar surface area (TPSA) is 23.8 Å². The van der Waals surface area contributed by atoms with E-state index in [-0.39, 0.29) is 5.56 Å². The molecule has 1 aromatic carbocycles. The third-order valence-corrected chi connectivity index (χ3v) is 1.70. The zero-order valence-electron chi connectivity index (χ0n) is 6.76. The maximum atomic E-state index is 12.9. The lowest BCUT2D eigenvalue weighted by atomic mass is 10.1. The van der Waals surface area contributed by atoms with Gasteiger partial charge < -0.3 is 0 Å². The number of hydrogen-bond donors (Lipinski definition) is 0. The van der Waals surface area contributed by atoms with Gasteiger partial charge in [0.2, 0.25) is 0 Å². The van der Waals surface area contributed by atoms with Gasteiger partial charge in [-0.25, -0.2) is 4.39 Å². The average Bonchev–Trinajstić information content (AvgIpc) is 2.08. The van der Waals surface area contributed by atoms with E-state index >= 15 is 0 Å². The first kappa shape index (κ1) is 8.48. The second-order valence-corrected chi connectivity index (χ2v) is 2.50. The van der Waals surface area contributed by atoms with Gasteiger partial charge in [-0.05, 0) is 30.2 Å². The van der Waals surface area contributed by atoms with Gasteiger partial charge in [0.25, 0.3) is 0 Å². The Hall–Kier alpha value is -1.62. The summed E-state index contributed by atoms with van der Waals surface area (Å²) >= 11 is 0. The van der Waals surface area contributed by atoms with E-state index in [1.54, 1.807) is 12.1 Å². The second kappa shape index (κ2) is 3.19. The van der Waals surface area contributed by atoms with Crippen LogP contribution in [0.5, 0.6) is 0 Å². The molecule has 0 radical (unpaired) electrons. The summed E-state index contributed by atoms with van der Waals surface area (Å²) in [5.74, 6) is -0.488.